The van der Waals surface area contributed by atoms with E-state index >= 15 is 0 Å². The molecule has 0 aromatic carbocycles. The zero-order valence-electron chi connectivity index (χ0n) is 35.2. The van der Waals surface area contributed by atoms with Crippen LogP contribution in [0.15, 0.2) is 24.3 Å². The quantitative estimate of drug-likeness (QED) is 0.0267. The van der Waals surface area contributed by atoms with E-state index in [1.165, 1.54) is 109 Å². The summed E-state index contributed by atoms with van der Waals surface area (Å²) in [6.45, 7) is 4.54. The third-order valence-corrected chi connectivity index (χ3v) is 9.85. The third-order valence-electron chi connectivity index (χ3n) is 9.85. The van der Waals surface area contributed by atoms with Gasteiger partial charge in [0.1, 0.15) is 12.6 Å². The number of esters is 2. The van der Waals surface area contributed by atoms with Crippen LogP contribution in [0.5, 0.6) is 0 Å². The van der Waals surface area contributed by atoms with Gasteiger partial charge in [0.2, 0.25) is 0 Å². The first-order valence-corrected chi connectivity index (χ1v) is 21.9. The van der Waals surface area contributed by atoms with Gasteiger partial charge in [-0.2, -0.15) is 0 Å². The SMILES string of the molecule is CC/C=C/C/C=C/CCCCCCCCCCCCCCCCC(=O)OC(COCCC(C(=O)[O-])[N+](C)(C)C)COC(=O)CCCCCCCCCC. The van der Waals surface area contributed by atoms with Gasteiger partial charge in [-0.3, -0.25) is 9.59 Å². The highest BCUT2D eigenvalue weighted by molar-refractivity contribution is 5.70. The molecule has 0 heterocycles. The maximum atomic E-state index is 12.7. The Hall–Kier alpha value is -2.19. The lowest BCUT2D eigenvalue weighted by atomic mass is 10.0. The van der Waals surface area contributed by atoms with Crippen LogP contribution < -0.4 is 5.11 Å². The number of aliphatic carboxylic acids is 1. The van der Waals surface area contributed by atoms with Gasteiger partial charge in [-0.25, -0.2) is 0 Å². The van der Waals surface area contributed by atoms with Crippen molar-refractivity contribution >= 4 is 17.9 Å². The molecule has 0 N–H and O–H groups in total. The Morgan fingerprint density at radius 2 is 1.06 bits per heavy atom. The van der Waals surface area contributed by atoms with Crippen LogP contribution in [0.4, 0.5) is 0 Å². The Morgan fingerprint density at radius 3 is 1.55 bits per heavy atom. The van der Waals surface area contributed by atoms with Gasteiger partial charge < -0.3 is 28.6 Å². The number of hydrogen-bond acceptors (Lipinski definition) is 7. The number of ether oxygens (including phenoxy) is 3. The summed E-state index contributed by atoms with van der Waals surface area (Å²) >= 11 is 0. The van der Waals surface area contributed by atoms with Crippen LogP contribution in [0.25, 0.3) is 0 Å². The summed E-state index contributed by atoms with van der Waals surface area (Å²) in [7, 11) is 5.41. The number of carbonyl (C=O) groups is 3. The fraction of sp³-hybridized carbons (Fsp3) is 0.844. The minimum absolute atomic E-state index is 0.0448. The van der Waals surface area contributed by atoms with Crippen molar-refractivity contribution in [2.45, 2.75) is 206 Å². The van der Waals surface area contributed by atoms with E-state index in [0.717, 1.165) is 51.4 Å². The number of rotatable bonds is 39. The zero-order chi connectivity index (χ0) is 39.3. The van der Waals surface area contributed by atoms with Crippen LogP contribution in [0.1, 0.15) is 194 Å². The van der Waals surface area contributed by atoms with E-state index in [4.69, 9.17) is 14.2 Å². The second-order valence-corrected chi connectivity index (χ2v) is 15.9. The van der Waals surface area contributed by atoms with Crippen LogP contribution in [0.3, 0.4) is 0 Å². The van der Waals surface area contributed by atoms with E-state index < -0.39 is 18.1 Å². The van der Waals surface area contributed by atoms with Crippen molar-refractivity contribution in [3.05, 3.63) is 24.3 Å². The zero-order valence-corrected chi connectivity index (χ0v) is 35.2. The van der Waals surface area contributed by atoms with Crippen LogP contribution in [-0.2, 0) is 28.6 Å². The monoisotopic (exact) mass is 750 g/mol. The Bertz CT molecular complexity index is 926. The fourth-order valence-corrected chi connectivity index (χ4v) is 6.46. The lowest BCUT2D eigenvalue weighted by Crippen LogP contribution is -2.55. The van der Waals surface area contributed by atoms with Gasteiger partial charge in [-0.1, -0.05) is 160 Å². The smallest absolute Gasteiger partial charge is 0.306 e. The van der Waals surface area contributed by atoms with Crippen molar-refractivity contribution in [1.29, 1.82) is 0 Å². The van der Waals surface area contributed by atoms with Gasteiger partial charge in [0, 0.05) is 19.3 Å². The summed E-state index contributed by atoms with van der Waals surface area (Å²) in [6.07, 6.45) is 39.3. The molecule has 0 rings (SSSR count). The van der Waals surface area contributed by atoms with Gasteiger partial charge in [-0.05, 0) is 38.5 Å². The predicted octanol–water partition coefficient (Wildman–Crippen LogP) is 10.4. The first kappa shape index (κ1) is 50.8. The largest absolute Gasteiger partial charge is 0.544 e. The van der Waals surface area contributed by atoms with Crippen molar-refractivity contribution in [2.75, 3.05) is 41.0 Å². The number of carbonyl (C=O) groups excluding carboxylic acids is 3. The van der Waals surface area contributed by atoms with Crippen molar-refractivity contribution in [3.63, 3.8) is 0 Å². The maximum Gasteiger partial charge on any atom is 0.306 e. The number of unbranched alkanes of at least 4 members (excludes halogenated alkanes) is 21. The number of allylic oxidation sites excluding steroid dienone is 4. The Kier molecular flexibility index (Phi) is 35.2. The van der Waals surface area contributed by atoms with Crippen molar-refractivity contribution < 1.29 is 38.2 Å². The van der Waals surface area contributed by atoms with E-state index in [-0.39, 0.29) is 42.7 Å². The molecule has 0 amide bonds. The first-order valence-electron chi connectivity index (χ1n) is 21.9. The molecule has 0 spiro atoms. The molecule has 0 radical (unpaired) electrons. The number of nitrogens with zero attached hydrogens (tertiary/aromatic N) is 1. The molecule has 310 valence electrons. The molecular weight excluding hydrogens is 666 g/mol. The van der Waals surface area contributed by atoms with Gasteiger partial charge in [-0.15, -0.1) is 0 Å². The minimum Gasteiger partial charge on any atom is -0.544 e. The number of likely N-dealkylation sites (N-methyl/N-ethyl adjacent to an activating group) is 1. The molecule has 0 aromatic heterocycles. The molecule has 8 heteroatoms. The van der Waals surface area contributed by atoms with E-state index in [0.29, 0.717) is 12.8 Å². The number of carboxylic acid groups (broad SMARTS) is 1. The molecule has 8 nitrogen and oxygen atoms in total. The molecule has 0 saturated heterocycles. The number of quaternary nitrogens is 1. The molecule has 0 bridgehead atoms. The molecule has 2 unspecified atom stereocenters. The minimum atomic E-state index is -1.12. The van der Waals surface area contributed by atoms with E-state index in [1.54, 1.807) is 21.1 Å². The summed E-state index contributed by atoms with van der Waals surface area (Å²) in [5.41, 5.74) is 0. The Balaban J connectivity index is 4.18. The molecule has 53 heavy (non-hydrogen) atoms. The van der Waals surface area contributed by atoms with Gasteiger partial charge >= 0.3 is 11.9 Å². The van der Waals surface area contributed by atoms with Crippen molar-refractivity contribution in [2.24, 2.45) is 0 Å². The highest BCUT2D eigenvalue weighted by Gasteiger charge is 2.25. The maximum absolute atomic E-state index is 12.7. The lowest BCUT2D eigenvalue weighted by Gasteiger charge is -2.34. The topological polar surface area (TPSA) is 102 Å². The molecule has 0 fully saturated rings. The van der Waals surface area contributed by atoms with Gasteiger partial charge in [0.25, 0.3) is 0 Å². The second-order valence-electron chi connectivity index (χ2n) is 15.9. The summed E-state index contributed by atoms with van der Waals surface area (Å²) in [5.74, 6) is -1.73. The van der Waals surface area contributed by atoms with Crippen LogP contribution >= 0.6 is 0 Å². The van der Waals surface area contributed by atoms with E-state index in [1.807, 2.05) is 0 Å². The van der Waals surface area contributed by atoms with Gasteiger partial charge in [0.05, 0.1) is 40.3 Å². The predicted molar refractivity (Wildman–Crippen MR) is 217 cm³/mol. The van der Waals surface area contributed by atoms with E-state index in [9.17, 15) is 19.5 Å². The van der Waals surface area contributed by atoms with Crippen LogP contribution in [-0.4, -0.2) is 75.5 Å². The van der Waals surface area contributed by atoms with E-state index in [2.05, 4.69) is 38.2 Å². The Morgan fingerprint density at radius 1 is 0.585 bits per heavy atom. The molecule has 0 aliphatic carbocycles. The molecule has 0 saturated carbocycles. The second kappa shape index (κ2) is 36.8. The standard InChI is InChI=1S/C45H83NO7/c1-6-8-10-12-14-16-17-18-19-20-21-22-23-24-25-26-27-28-30-32-34-36-44(48)53-41(39-51-38-37-42(45(49)50)46(3,4)5)40-52-43(47)35-33-31-29-15-13-11-9-7-2/h8,10,14,16,41-42H,6-7,9,11-13,15,17-40H2,1-5H3/b10-8+,16-14+. The number of hydrogen-bond donors (Lipinski definition) is 0. The molecular formula is C45H83NO7. The normalized spacial score (nSPS) is 13.2. The summed E-state index contributed by atoms with van der Waals surface area (Å²) in [5, 5.41) is 11.6. The highest BCUT2D eigenvalue weighted by Crippen LogP contribution is 2.15. The average Bonchev–Trinajstić information content (AvgIpc) is 3.11. The third kappa shape index (κ3) is 35.3. The molecule has 2 atom stereocenters. The summed E-state index contributed by atoms with van der Waals surface area (Å²) < 4.78 is 17.1. The molecule has 0 aliphatic heterocycles. The number of carboxylic acids is 1. The first-order chi connectivity index (χ1) is 25.6. The van der Waals surface area contributed by atoms with Crippen molar-refractivity contribution in [1.82, 2.24) is 0 Å². The summed E-state index contributed by atoms with van der Waals surface area (Å²) in [6, 6.07) is -0.721. The molecule has 0 aromatic rings. The van der Waals surface area contributed by atoms with Crippen molar-refractivity contribution in [3.8, 4) is 0 Å². The Labute approximate surface area is 326 Å². The highest BCUT2D eigenvalue weighted by atomic mass is 16.6. The van der Waals surface area contributed by atoms with Crippen LogP contribution in [0.2, 0.25) is 0 Å². The fourth-order valence-electron chi connectivity index (χ4n) is 6.46. The molecule has 0 aliphatic rings. The van der Waals surface area contributed by atoms with Crippen LogP contribution in [0, 0.1) is 0 Å². The summed E-state index contributed by atoms with van der Waals surface area (Å²) in [4.78, 5) is 36.7. The van der Waals surface area contributed by atoms with Gasteiger partial charge in [0.15, 0.2) is 6.10 Å². The lowest BCUT2D eigenvalue weighted by molar-refractivity contribution is -0.889. The average molecular weight is 750 g/mol.